The van der Waals surface area contributed by atoms with Crippen molar-refractivity contribution in [1.29, 1.82) is 0 Å². The fourth-order valence-electron chi connectivity index (χ4n) is 2.24. The Kier molecular flexibility index (Phi) is 5.41. The van der Waals surface area contributed by atoms with E-state index in [4.69, 9.17) is 9.84 Å². The summed E-state index contributed by atoms with van der Waals surface area (Å²) in [7, 11) is 3.38. The van der Waals surface area contributed by atoms with E-state index >= 15 is 0 Å². The second-order valence-electron chi connectivity index (χ2n) is 4.64. The van der Waals surface area contributed by atoms with E-state index in [2.05, 4.69) is 0 Å². The van der Waals surface area contributed by atoms with Crippen LogP contribution in [0.15, 0.2) is 0 Å². The summed E-state index contributed by atoms with van der Waals surface area (Å²) in [6, 6.07) is 0. The second-order valence-corrected chi connectivity index (χ2v) is 4.64. The number of methoxy groups -OCH3 is 1. The van der Waals surface area contributed by atoms with E-state index in [9.17, 15) is 9.59 Å². The summed E-state index contributed by atoms with van der Waals surface area (Å²) in [5.74, 6) is -0.884. The van der Waals surface area contributed by atoms with Crippen molar-refractivity contribution in [2.24, 2.45) is 11.8 Å². The maximum absolute atomic E-state index is 12.0. The van der Waals surface area contributed by atoms with Gasteiger partial charge in [-0.05, 0) is 25.7 Å². The number of carbonyl (C=O) groups excluding carboxylic acids is 1. The molecule has 1 amide bonds. The minimum atomic E-state index is -0.733. The van der Waals surface area contributed by atoms with Crippen molar-refractivity contribution in [3.63, 3.8) is 0 Å². The molecule has 1 aliphatic rings. The first kappa shape index (κ1) is 14.0. The van der Waals surface area contributed by atoms with Gasteiger partial charge in [0.15, 0.2) is 0 Å². The van der Waals surface area contributed by atoms with E-state index in [0.29, 0.717) is 38.8 Å². The molecule has 0 unspecified atom stereocenters. The lowest BCUT2D eigenvalue weighted by Crippen LogP contribution is -2.37. The minimum absolute atomic E-state index is 0.00699. The third kappa shape index (κ3) is 4.00. The predicted molar refractivity (Wildman–Crippen MR) is 62.6 cm³/mol. The first-order valence-corrected chi connectivity index (χ1v) is 6.03. The molecule has 5 heteroatoms. The third-order valence-corrected chi connectivity index (χ3v) is 3.43. The van der Waals surface area contributed by atoms with Crippen molar-refractivity contribution in [3.05, 3.63) is 0 Å². The number of carboxylic acid groups (broad SMARTS) is 1. The Morgan fingerprint density at radius 3 is 2.24 bits per heavy atom. The van der Waals surface area contributed by atoms with Crippen LogP contribution in [0.1, 0.15) is 25.7 Å². The van der Waals surface area contributed by atoms with Crippen LogP contribution in [0.3, 0.4) is 0 Å². The van der Waals surface area contributed by atoms with Gasteiger partial charge in [0.2, 0.25) is 5.91 Å². The van der Waals surface area contributed by atoms with Crippen LogP contribution in [0.2, 0.25) is 0 Å². The summed E-state index contributed by atoms with van der Waals surface area (Å²) in [6.45, 7) is 1.13. The molecule has 1 rings (SSSR count). The standard InChI is InChI=1S/C12H21NO4/c1-13(7-8-17-2)11(14)9-3-5-10(6-4-9)12(15)16/h9-10H,3-8H2,1-2H3,(H,15,16). The number of hydrogen-bond acceptors (Lipinski definition) is 3. The third-order valence-electron chi connectivity index (χ3n) is 3.43. The van der Waals surface area contributed by atoms with E-state index < -0.39 is 5.97 Å². The largest absolute Gasteiger partial charge is 0.481 e. The van der Waals surface area contributed by atoms with Crippen molar-refractivity contribution in [2.45, 2.75) is 25.7 Å². The highest BCUT2D eigenvalue weighted by molar-refractivity contribution is 5.79. The number of aliphatic carboxylic acids is 1. The molecule has 0 spiro atoms. The molecule has 0 radical (unpaired) electrons. The van der Waals surface area contributed by atoms with Crippen LogP contribution in [0.4, 0.5) is 0 Å². The Morgan fingerprint density at radius 2 is 1.76 bits per heavy atom. The van der Waals surface area contributed by atoms with Crippen LogP contribution in [0.25, 0.3) is 0 Å². The summed E-state index contributed by atoms with van der Waals surface area (Å²) >= 11 is 0. The molecule has 0 aromatic heterocycles. The fourth-order valence-corrected chi connectivity index (χ4v) is 2.24. The Morgan fingerprint density at radius 1 is 1.24 bits per heavy atom. The monoisotopic (exact) mass is 243 g/mol. The number of rotatable bonds is 5. The first-order chi connectivity index (χ1) is 8.06. The zero-order chi connectivity index (χ0) is 12.8. The molecule has 0 heterocycles. The Balaban J connectivity index is 2.37. The lowest BCUT2D eigenvalue weighted by Gasteiger charge is -2.28. The Bertz CT molecular complexity index is 272. The van der Waals surface area contributed by atoms with Gasteiger partial charge in [0.25, 0.3) is 0 Å². The van der Waals surface area contributed by atoms with Gasteiger partial charge >= 0.3 is 5.97 Å². The lowest BCUT2D eigenvalue weighted by molar-refractivity contribution is -0.145. The smallest absolute Gasteiger partial charge is 0.306 e. The van der Waals surface area contributed by atoms with Crippen LogP contribution in [-0.2, 0) is 14.3 Å². The molecule has 0 aliphatic heterocycles. The van der Waals surface area contributed by atoms with Gasteiger partial charge in [-0.1, -0.05) is 0 Å². The number of ether oxygens (including phenoxy) is 1. The normalized spacial score (nSPS) is 24.4. The number of hydrogen-bond donors (Lipinski definition) is 1. The first-order valence-electron chi connectivity index (χ1n) is 6.03. The quantitative estimate of drug-likeness (QED) is 0.781. The van der Waals surface area contributed by atoms with E-state index in [1.165, 1.54) is 0 Å². The highest BCUT2D eigenvalue weighted by Crippen LogP contribution is 2.29. The molecule has 0 bridgehead atoms. The summed E-state index contributed by atoms with van der Waals surface area (Å²) in [6.07, 6.45) is 2.61. The van der Waals surface area contributed by atoms with Gasteiger partial charge in [-0.2, -0.15) is 0 Å². The van der Waals surface area contributed by atoms with Gasteiger partial charge in [0.1, 0.15) is 0 Å². The highest BCUT2D eigenvalue weighted by atomic mass is 16.5. The molecule has 1 aliphatic carbocycles. The Labute approximate surface area is 102 Å². The van der Waals surface area contributed by atoms with Gasteiger partial charge < -0.3 is 14.7 Å². The van der Waals surface area contributed by atoms with Crippen LogP contribution < -0.4 is 0 Å². The van der Waals surface area contributed by atoms with Gasteiger partial charge in [-0.3, -0.25) is 9.59 Å². The maximum atomic E-state index is 12.0. The fraction of sp³-hybridized carbons (Fsp3) is 0.833. The average molecular weight is 243 g/mol. The number of nitrogens with zero attached hydrogens (tertiary/aromatic N) is 1. The highest BCUT2D eigenvalue weighted by Gasteiger charge is 2.30. The van der Waals surface area contributed by atoms with Crippen molar-refractivity contribution in [2.75, 3.05) is 27.3 Å². The molecule has 98 valence electrons. The summed E-state index contributed by atoms with van der Waals surface area (Å²) < 4.78 is 4.93. The van der Waals surface area contributed by atoms with Gasteiger partial charge in [-0.25, -0.2) is 0 Å². The van der Waals surface area contributed by atoms with Crippen LogP contribution in [-0.4, -0.2) is 49.2 Å². The number of likely N-dealkylation sites (N-methyl/N-ethyl adjacent to an activating group) is 1. The molecule has 0 atom stereocenters. The van der Waals surface area contributed by atoms with Gasteiger partial charge in [0.05, 0.1) is 12.5 Å². The van der Waals surface area contributed by atoms with Gasteiger partial charge in [0, 0.05) is 26.6 Å². The molecule has 1 N–H and O–H groups in total. The molecule has 5 nitrogen and oxygen atoms in total. The molecular formula is C12H21NO4. The predicted octanol–water partition coefficient (Wildman–Crippen LogP) is 0.982. The van der Waals surface area contributed by atoms with Crippen LogP contribution in [0.5, 0.6) is 0 Å². The molecule has 0 saturated heterocycles. The van der Waals surface area contributed by atoms with E-state index in [-0.39, 0.29) is 17.7 Å². The number of carboxylic acids is 1. The molecule has 1 fully saturated rings. The molecular weight excluding hydrogens is 222 g/mol. The molecule has 0 aromatic carbocycles. The van der Waals surface area contributed by atoms with Crippen molar-refractivity contribution >= 4 is 11.9 Å². The minimum Gasteiger partial charge on any atom is -0.481 e. The SMILES string of the molecule is COCCN(C)C(=O)C1CCC(C(=O)O)CC1. The van der Waals surface area contributed by atoms with Crippen LogP contribution in [0, 0.1) is 11.8 Å². The zero-order valence-corrected chi connectivity index (χ0v) is 10.5. The topological polar surface area (TPSA) is 66.8 Å². The van der Waals surface area contributed by atoms with Crippen molar-refractivity contribution < 1.29 is 19.4 Å². The van der Waals surface area contributed by atoms with Crippen molar-refractivity contribution in [1.82, 2.24) is 4.90 Å². The molecule has 0 aromatic rings. The number of amides is 1. The van der Waals surface area contributed by atoms with E-state index in [1.54, 1.807) is 19.1 Å². The van der Waals surface area contributed by atoms with Crippen LogP contribution >= 0.6 is 0 Å². The molecule has 17 heavy (non-hydrogen) atoms. The summed E-state index contributed by atoms with van der Waals surface area (Å²) in [4.78, 5) is 24.5. The Hall–Kier alpha value is -1.10. The van der Waals surface area contributed by atoms with Gasteiger partial charge in [-0.15, -0.1) is 0 Å². The maximum Gasteiger partial charge on any atom is 0.306 e. The summed E-state index contributed by atoms with van der Waals surface area (Å²) in [5, 5.41) is 8.88. The van der Waals surface area contributed by atoms with E-state index in [1.807, 2.05) is 0 Å². The van der Waals surface area contributed by atoms with E-state index in [0.717, 1.165) is 0 Å². The summed E-state index contributed by atoms with van der Waals surface area (Å²) in [5.41, 5.74) is 0. The number of carbonyl (C=O) groups is 2. The second kappa shape index (κ2) is 6.59. The van der Waals surface area contributed by atoms with Crippen molar-refractivity contribution in [3.8, 4) is 0 Å². The molecule has 1 saturated carbocycles. The zero-order valence-electron chi connectivity index (χ0n) is 10.5. The lowest BCUT2D eigenvalue weighted by atomic mass is 9.81. The average Bonchev–Trinajstić information content (AvgIpc) is 2.35.